The summed E-state index contributed by atoms with van der Waals surface area (Å²) in [7, 11) is 0. The van der Waals surface area contributed by atoms with E-state index < -0.39 is 0 Å². The molecule has 0 spiro atoms. The van der Waals surface area contributed by atoms with Crippen LogP contribution in [0.4, 0.5) is 5.69 Å². The van der Waals surface area contributed by atoms with E-state index in [1.165, 1.54) is 19.3 Å². The average molecular weight is 458 g/mol. The Morgan fingerprint density at radius 1 is 0.971 bits per heavy atom. The molecule has 0 radical (unpaired) electrons. The van der Waals surface area contributed by atoms with Crippen LogP contribution in [0.5, 0.6) is 0 Å². The Balaban J connectivity index is 1.55. The number of esters is 1. The van der Waals surface area contributed by atoms with Crippen LogP contribution < -0.4 is 10.2 Å². The van der Waals surface area contributed by atoms with Gasteiger partial charge in [-0.1, -0.05) is 42.5 Å². The molecule has 34 heavy (non-hydrogen) atoms. The van der Waals surface area contributed by atoms with Gasteiger partial charge in [0, 0.05) is 19.3 Å². The fraction of sp³-hybridized carbons (Fsp3) is 0.321. The molecule has 1 fully saturated rings. The van der Waals surface area contributed by atoms with Crippen molar-refractivity contribution < 1.29 is 14.3 Å². The van der Waals surface area contributed by atoms with Gasteiger partial charge in [0.2, 0.25) is 5.91 Å². The van der Waals surface area contributed by atoms with Gasteiger partial charge in [0.25, 0.3) is 0 Å². The zero-order valence-corrected chi connectivity index (χ0v) is 19.6. The smallest absolute Gasteiger partial charge is 0.338 e. The van der Waals surface area contributed by atoms with E-state index in [0.717, 1.165) is 35.6 Å². The number of ether oxygens (including phenoxy) is 1. The molecular formula is C28H31N3O3. The monoisotopic (exact) mass is 457 g/mol. The van der Waals surface area contributed by atoms with Gasteiger partial charge in [-0.05, 0) is 61.6 Å². The van der Waals surface area contributed by atoms with Crippen molar-refractivity contribution in [3.63, 3.8) is 0 Å². The normalized spacial score (nSPS) is 14.3. The van der Waals surface area contributed by atoms with E-state index in [1.54, 1.807) is 37.4 Å². The van der Waals surface area contributed by atoms with Crippen molar-refractivity contribution in [3.05, 3.63) is 95.3 Å². The van der Waals surface area contributed by atoms with Gasteiger partial charge >= 0.3 is 5.97 Å². The first-order chi connectivity index (χ1) is 16.7. The van der Waals surface area contributed by atoms with E-state index in [2.05, 4.69) is 16.3 Å². The second-order valence-electron chi connectivity index (χ2n) is 8.46. The lowest BCUT2D eigenvalue weighted by Crippen LogP contribution is -2.35. The molecule has 1 aliphatic rings. The highest BCUT2D eigenvalue weighted by molar-refractivity contribution is 5.89. The standard InChI is InChI=1S/C28H31N3O3/c1-2-34-28(33)23-15-13-21(14-16-23)20-25(32)30-26(22-10-5-3-6-11-22)27-24(12-9-17-29-27)31-18-7-4-8-19-31/h3,5-6,9-17,26H,2,4,7-8,18-20H2,1H3,(H,30,32). The van der Waals surface area contributed by atoms with Crippen molar-refractivity contribution in [1.82, 2.24) is 10.3 Å². The number of piperidine rings is 1. The van der Waals surface area contributed by atoms with Crippen LogP contribution in [0.15, 0.2) is 72.9 Å². The number of carbonyl (C=O) groups excluding carboxylic acids is 2. The highest BCUT2D eigenvalue weighted by atomic mass is 16.5. The molecule has 1 unspecified atom stereocenters. The first-order valence-electron chi connectivity index (χ1n) is 12.0. The van der Waals surface area contributed by atoms with Gasteiger partial charge in [-0.25, -0.2) is 4.79 Å². The summed E-state index contributed by atoms with van der Waals surface area (Å²) in [4.78, 5) is 32.1. The summed E-state index contributed by atoms with van der Waals surface area (Å²) in [5.41, 5.74) is 4.24. The number of hydrogen-bond donors (Lipinski definition) is 1. The first kappa shape index (κ1) is 23.5. The van der Waals surface area contributed by atoms with Gasteiger partial charge in [-0.15, -0.1) is 0 Å². The molecule has 1 atom stereocenters. The minimum absolute atomic E-state index is 0.104. The molecule has 1 amide bonds. The molecule has 2 aromatic carbocycles. The van der Waals surface area contributed by atoms with Gasteiger partial charge < -0.3 is 15.0 Å². The molecule has 1 N–H and O–H groups in total. The fourth-order valence-electron chi connectivity index (χ4n) is 4.36. The molecule has 1 aromatic heterocycles. The molecule has 1 saturated heterocycles. The molecule has 6 heteroatoms. The molecule has 176 valence electrons. The topological polar surface area (TPSA) is 71.5 Å². The van der Waals surface area contributed by atoms with Crippen molar-refractivity contribution >= 4 is 17.6 Å². The van der Waals surface area contributed by atoms with E-state index in [1.807, 2.05) is 36.4 Å². The van der Waals surface area contributed by atoms with Crippen LogP contribution in [0.2, 0.25) is 0 Å². The summed E-state index contributed by atoms with van der Waals surface area (Å²) in [6.07, 6.45) is 5.58. The van der Waals surface area contributed by atoms with Crippen molar-refractivity contribution in [2.75, 3.05) is 24.6 Å². The van der Waals surface area contributed by atoms with Crippen LogP contribution >= 0.6 is 0 Å². The lowest BCUT2D eigenvalue weighted by Gasteiger charge is -2.32. The third-order valence-corrected chi connectivity index (χ3v) is 6.05. The Morgan fingerprint density at radius 3 is 2.41 bits per heavy atom. The van der Waals surface area contributed by atoms with Gasteiger partial charge in [0.15, 0.2) is 0 Å². The van der Waals surface area contributed by atoms with Gasteiger partial charge in [-0.3, -0.25) is 9.78 Å². The quantitative estimate of drug-likeness (QED) is 0.497. The maximum Gasteiger partial charge on any atom is 0.338 e. The van der Waals surface area contributed by atoms with Gasteiger partial charge in [-0.2, -0.15) is 0 Å². The molecule has 4 rings (SSSR count). The van der Waals surface area contributed by atoms with Gasteiger partial charge in [0.05, 0.1) is 36.0 Å². The molecule has 1 aliphatic heterocycles. The molecule has 3 aromatic rings. The average Bonchev–Trinajstić information content (AvgIpc) is 2.89. The molecule has 0 saturated carbocycles. The van der Waals surface area contributed by atoms with Crippen molar-refractivity contribution in [1.29, 1.82) is 0 Å². The fourth-order valence-corrected chi connectivity index (χ4v) is 4.36. The van der Waals surface area contributed by atoms with E-state index in [0.29, 0.717) is 12.2 Å². The molecule has 0 aliphatic carbocycles. The SMILES string of the molecule is CCOC(=O)c1ccc(CC(=O)NC(c2ccccc2)c2ncccc2N2CCCCC2)cc1. The summed E-state index contributed by atoms with van der Waals surface area (Å²) >= 11 is 0. The number of nitrogens with zero attached hydrogens (tertiary/aromatic N) is 2. The van der Waals surface area contributed by atoms with E-state index in [-0.39, 0.29) is 24.3 Å². The van der Waals surface area contributed by atoms with Crippen molar-refractivity contribution in [2.24, 2.45) is 0 Å². The van der Waals surface area contributed by atoms with Crippen LogP contribution in [-0.4, -0.2) is 36.6 Å². The number of pyridine rings is 1. The number of carbonyl (C=O) groups is 2. The molecule has 0 bridgehead atoms. The zero-order chi connectivity index (χ0) is 23.8. The number of hydrogen-bond acceptors (Lipinski definition) is 5. The third kappa shape index (κ3) is 5.81. The van der Waals surface area contributed by atoms with E-state index in [4.69, 9.17) is 9.72 Å². The summed E-state index contributed by atoms with van der Waals surface area (Å²) in [6, 6.07) is 20.7. The Kier molecular flexibility index (Phi) is 7.91. The predicted octanol–water partition coefficient (Wildman–Crippen LogP) is 4.70. The lowest BCUT2D eigenvalue weighted by atomic mass is 9.99. The maximum atomic E-state index is 13.1. The number of rotatable bonds is 8. The van der Waals surface area contributed by atoms with Crippen molar-refractivity contribution in [2.45, 2.75) is 38.6 Å². The third-order valence-electron chi connectivity index (χ3n) is 6.05. The second-order valence-corrected chi connectivity index (χ2v) is 8.46. The maximum absolute atomic E-state index is 13.1. The second kappa shape index (κ2) is 11.5. The van der Waals surface area contributed by atoms with Crippen LogP contribution in [0.1, 0.15) is 59.4 Å². The first-order valence-corrected chi connectivity index (χ1v) is 12.0. The number of aromatic nitrogens is 1. The highest BCUT2D eigenvalue weighted by Gasteiger charge is 2.24. The number of amides is 1. The molecular weight excluding hydrogens is 426 g/mol. The van der Waals surface area contributed by atoms with Crippen LogP contribution in [0, 0.1) is 0 Å². The Bertz CT molecular complexity index is 1090. The Morgan fingerprint density at radius 2 is 1.71 bits per heavy atom. The number of benzene rings is 2. The van der Waals surface area contributed by atoms with E-state index in [9.17, 15) is 9.59 Å². The van der Waals surface area contributed by atoms with Gasteiger partial charge in [0.1, 0.15) is 0 Å². The predicted molar refractivity (Wildman–Crippen MR) is 133 cm³/mol. The Labute approximate surface area is 201 Å². The molecule has 2 heterocycles. The van der Waals surface area contributed by atoms with Crippen LogP contribution in [0.25, 0.3) is 0 Å². The largest absolute Gasteiger partial charge is 0.462 e. The molecule has 6 nitrogen and oxygen atoms in total. The Hall–Kier alpha value is -3.67. The summed E-state index contributed by atoms with van der Waals surface area (Å²) < 4.78 is 5.03. The lowest BCUT2D eigenvalue weighted by molar-refractivity contribution is -0.121. The summed E-state index contributed by atoms with van der Waals surface area (Å²) in [5.74, 6) is -0.462. The van der Waals surface area contributed by atoms with Crippen molar-refractivity contribution in [3.8, 4) is 0 Å². The van der Waals surface area contributed by atoms with Crippen LogP contribution in [0.3, 0.4) is 0 Å². The summed E-state index contributed by atoms with van der Waals surface area (Å²) in [5, 5.41) is 3.22. The number of anilines is 1. The highest BCUT2D eigenvalue weighted by Crippen LogP contribution is 2.31. The minimum atomic E-state index is -0.358. The minimum Gasteiger partial charge on any atom is -0.462 e. The van der Waals surface area contributed by atoms with Crippen LogP contribution in [-0.2, 0) is 16.0 Å². The number of nitrogens with one attached hydrogen (secondary N) is 1. The van der Waals surface area contributed by atoms with E-state index >= 15 is 0 Å². The summed E-state index contributed by atoms with van der Waals surface area (Å²) in [6.45, 7) is 4.11. The zero-order valence-electron chi connectivity index (χ0n) is 19.6.